The van der Waals surface area contributed by atoms with E-state index in [0.29, 0.717) is 0 Å². The molecule has 0 aliphatic carbocycles. The van der Waals surface area contributed by atoms with Crippen molar-refractivity contribution in [3.63, 3.8) is 0 Å². The topological polar surface area (TPSA) is 9.86 Å². The number of rotatable bonds is 8. The molecule has 0 unspecified atom stereocenters. The van der Waals surface area contributed by atoms with Crippen LogP contribution >= 0.6 is 22.7 Å². The number of hydrogen-bond donors (Lipinski definition) is 0. The molecule has 4 heteroatoms. The third-order valence-electron chi connectivity index (χ3n) is 16.9. The smallest absolute Gasteiger partial charge is 0.0541 e. The Morgan fingerprint density at radius 3 is 0.963 bits per heavy atom. The van der Waals surface area contributed by atoms with Crippen LogP contribution in [0.2, 0.25) is 0 Å². The summed E-state index contributed by atoms with van der Waals surface area (Å²) < 4.78 is 10.1. The molecule has 17 aromatic rings. The second-order valence-corrected chi connectivity index (χ2v) is 23.7. The van der Waals surface area contributed by atoms with E-state index >= 15 is 0 Å². The van der Waals surface area contributed by atoms with Crippen molar-refractivity contribution < 1.29 is 0 Å². The van der Waals surface area contributed by atoms with Crippen molar-refractivity contribution in [2.75, 3.05) is 0 Å². The summed E-state index contributed by atoms with van der Waals surface area (Å²) >= 11 is 3.79. The van der Waals surface area contributed by atoms with Crippen molar-refractivity contribution in [3.8, 4) is 78.1 Å². The number of aromatic nitrogens is 2. The minimum absolute atomic E-state index is 1.12. The Morgan fingerprint density at radius 2 is 0.537 bits per heavy atom. The normalized spacial score (nSPS) is 11.9. The van der Waals surface area contributed by atoms with Crippen LogP contribution in [0, 0.1) is 0 Å². The van der Waals surface area contributed by atoms with Crippen molar-refractivity contribution in [1.29, 1.82) is 0 Å². The first-order valence-corrected chi connectivity index (χ1v) is 29.7. The van der Waals surface area contributed by atoms with E-state index in [9.17, 15) is 0 Å². The third kappa shape index (κ3) is 7.53. The highest BCUT2D eigenvalue weighted by atomic mass is 32.1. The van der Waals surface area contributed by atoms with Crippen LogP contribution in [0.5, 0.6) is 0 Å². The van der Waals surface area contributed by atoms with Crippen LogP contribution in [0.15, 0.2) is 291 Å². The van der Waals surface area contributed by atoms with Gasteiger partial charge in [0.05, 0.1) is 22.1 Å². The van der Waals surface area contributed by atoms with Gasteiger partial charge in [-0.2, -0.15) is 0 Å². The van der Waals surface area contributed by atoms with Gasteiger partial charge in [0.2, 0.25) is 0 Å². The number of para-hydroxylation sites is 2. The summed E-state index contributed by atoms with van der Waals surface area (Å²) in [6, 6.07) is 108. The van der Waals surface area contributed by atoms with Crippen molar-refractivity contribution >= 4 is 107 Å². The molecular formula is C78H48N2S2. The summed E-state index contributed by atoms with van der Waals surface area (Å²) in [5, 5.41) is 10.1. The lowest BCUT2D eigenvalue weighted by Gasteiger charge is -2.13. The molecule has 0 amide bonds. The number of hydrogen-bond acceptors (Lipinski definition) is 2. The first-order valence-electron chi connectivity index (χ1n) is 28.0. The third-order valence-corrected chi connectivity index (χ3v) is 19.3. The Labute approximate surface area is 481 Å². The second-order valence-electron chi connectivity index (χ2n) is 21.6. The molecule has 4 aromatic heterocycles. The lowest BCUT2D eigenvalue weighted by atomic mass is 9.94. The van der Waals surface area contributed by atoms with Crippen molar-refractivity contribution in [2.45, 2.75) is 0 Å². The molecule has 2 nitrogen and oxygen atoms in total. The quantitative estimate of drug-likeness (QED) is 0.144. The Kier molecular flexibility index (Phi) is 10.7. The molecule has 0 spiro atoms. The molecular weight excluding hydrogens is 1030 g/mol. The number of fused-ring (bicyclic) bond motifs is 12. The van der Waals surface area contributed by atoms with Gasteiger partial charge in [0.25, 0.3) is 0 Å². The van der Waals surface area contributed by atoms with E-state index in [4.69, 9.17) is 0 Å². The summed E-state index contributed by atoms with van der Waals surface area (Å²) in [4.78, 5) is 0. The largest absolute Gasteiger partial charge is 0.309 e. The van der Waals surface area contributed by atoms with Gasteiger partial charge in [-0.05, 0) is 159 Å². The van der Waals surface area contributed by atoms with Crippen molar-refractivity contribution in [1.82, 2.24) is 9.13 Å². The molecule has 382 valence electrons. The second kappa shape index (κ2) is 18.8. The van der Waals surface area contributed by atoms with Gasteiger partial charge in [0.1, 0.15) is 0 Å². The van der Waals surface area contributed by atoms with Crippen LogP contribution in [0.25, 0.3) is 162 Å². The maximum Gasteiger partial charge on any atom is 0.0541 e. The monoisotopic (exact) mass is 1080 g/mol. The van der Waals surface area contributed by atoms with E-state index in [1.807, 2.05) is 22.7 Å². The van der Waals surface area contributed by atoms with Crippen LogP contribution in [-0.2, 0) is 0 Å². The molecule has 0 N–H and O–H groups in total. The van der Waals surface area contributed by atoms with E-state index in [1.54, 1.807) is 0 Å². The zero-order valence-electron chi connectivity index (χ0n) is 44.4. The lowest BCUT2D eigenvalue weighted by molar-refractivity contribution is 1.13. The van der Waals surface area contributed by atoms with Gasteiger partial charge in [0, 0.05) is 84.4 Å². The Balaban J connectivity index is 0.807. The highest BCUT2D eigenvalue weighted by Crippen LogP contribution is 2.48. The van der Waals surface area contributed by atoms with Gasteiger partial charge >= 0.3 is 0 Å². The molecule has 17 rings (SSSR count). The summed E-state index contributed by atoms with van der Waals surface area (Å²) in [7, 11) is 0. The van der Waals surface area contributed by atoms with Gasteiger partial charge in [-0.25, -0.2) is 0 Å². The van der Waals surface area contributed by atoms with Crippen LogP contribution < -0.4 is 0 Å². The van der Waals surface area contributed by atoms with Gasteiger partial charge in [-0.1, -0.05) is 188 Å². The zero-order chi connectivity index (χ0) is 53.8. The first-order chi connectivity index (χ1) is 40.6. The molecule has 0 radical (unpaired) electrons. The molecule has 0 aliphatic rings. The average Bonchev–Trinajstić information content (AvgIpc) is 4.10. The summed E-state index contributed by atoms with van der Waals surface area (Å²) in [6.45, 7) is 0. The number of nitrogens with zero attached hydrogens (tertiary/aromatic N) is 2. The van der Waals surface area contributed by atoms with Gasteiger partial charge in [0.15, 0.2) is 0 Å². The molecule has 0 saturated carbocycles. The van der Waals surface area contributed by atoms with E-state index in [2.05, 4.69) is 300 Å². The molecule has 0 bridgehead atoms. The van der Waals surface area contributed by atoms with Crippen LogP contribution in [0.4, 0.5) is 0 Å². The van der Waals surface area contributed by atoms with Crippen molar-refractivity contribution in [2.24, 2.45) is 0 Å². The summed E-state index contributed by atoms with van der Waals surface area (Å²) in [5.41, 5.74) is 21.7. The van der Waals surface area contributed by atoms with Gasteiger partial charge in [-0.15, -0.1) is 22.7 Å². The van der Waals surface area contributed by atoms with Gasteiger partial charge in [-0.3, -0.25) is 0 Å². The molecule has 0 atom stereocenters. The average molecular weight is 1080 g/mol. The molecule has 13 aromatic carbocycles. The van der Waals surface area contributed by atoms with Crippen LogP contribution in [0.1, 0.15) is 0 Å². The van der Waals surface area contributed by atoms with Crippen molar-refractivity contribution in [3.05, 3.63) is 291 Å². The predicted molar refractivity (Wildman–Crippen MR) is 354 cm³/mol. The van der Waals surface area contributed by atoms with Gasteiger partial charge < -0.3 is 9.13 Å². The van der Waals surface area contributed by atoms with E-state index in [1.165, 1.54) is 151 Å². The fraction of sp³-hybridized carbons (Fsp3) is 0. The summed E-state index contributed by atoms with van der Waals surface area (Å²) in [6.07, 6.45) is 0. The highest BCUT2D eigenvalue weighted by Gasteiger charge is 2.21. The Bertz CT molecular complexity index is 5040. The molecule has 4 heterocycles. The maximum absolute atomic E-state index is 2.46. The lowest BCUT2D eigenvalue weighted by Crippen LogP contribution is -1.98. The minimum atomic E-state index is 1.12. The summed E-state index contributed by atoms with van der Waals surface area (Å²) in [5.74, 6) is 0. The zero-order valence-corrected chi connectivity index (χ0v) is 46.1. The van der Waals surface area contributed by atoms with Crippen LogP contribution in [-0.4, -0.2) is 9.13 Å². The fourth-order valence-electron chi connectivity index (χ4n) is 13.0. The SMILES string of the molecule is c1ccc(-c2ccc3sc4c(-c5ccc6c(c5)c5ccccc5n6-c5cccc(-n6c7ccccc7c7cc(-c8cc(-c9ccccc9)cc9c8sc8ccc(-c%10ccccc%10)cc89)ccc76)c5)cc(-c5ccccc5)cc4c3c2)cc1. The molecule has 0 fully saturated rings. The number of thiophene rings is 2. The van der Waals surface area contributed by atoms with E-state index < -0.39 is 0 Å². The van der Waals surface area contributed by atoms with E-state index in [0.717, 1.165) is 11.4 Å². The predicted octanol–water partition coefficient (Wildman–Crippen LogP) is 22.6. The highest BCUT2D eigenvalue weighted by molar-refractivity contribution is 7.26. The fourth-order valence-corrected chi connectivity index (χ4v) is 15.4. The standard InChI is InChI=1S/C78H48N2S2/c1-5-18-49(19-6-1)53-34-38-75-67(40-53)69-46-57(51-22-9-3-10-23-51)44-63(77(69)81-75)55-32-36-73-65(42-55)61-28-13-15-30-71(61)79(73)59-26-17-27-60(48-59)80-72-31-16-14-29-62(72)66-43-56(33-37-74(66)80)64-45-58(52-24-11-4-12-25-52)47-70-68-41-54(50-20-7-2-8-21-50)35-39-76(68)82-78(64)70/h1-48H. The Morgan fingerprint density at radius 1 is 0.195 bits per heavy atom. The Hall–Kier alpha value is -10.1. The maximum atomic E-state index is 2.46. The molecule has 0 saturated heterocycles. The minimum Gasteiger partial charge on any atom is -0.309 e. The first kappa shape index (κ1) is 46.8. The molecule has 0 aliphatic heterocycles. The van der Waals surface area contributed by atoms with Crippen LogP contribution in [0.3, 0.4) is 0 Å². The molecule has 82 heavy (non-hydrogen) atoms. The number of benzene rings is 13. The van der Waals surface area contributed by atoms with E-state index in [-0.39, 0.29) is 0 Å².